The SMILES string of the molecule is CCN(C(=O)C(C)S(=O)(=O)Cc1nc(-c2ccccc2OC)no1)c1ccccc1. The highest BCUT2D eigenvalue weighted by atomic mass is 32.2. The standard InChI is InChI=1S/C21H23N3O5S/c1-4-24(16-10-6-5-7-11-16)21(25)15(2)30(26,27)14-19-22-20(23-29-19)17-12-8-9-13-18(17)28-3/h5-13,15H,4,14H2,1-3H3. The van der Waals surface area contributed by atoms with Gasteiger partial charge in [-0.2, -0.15) is 4.98 Å². The molecular formula is C21H23N3O5S. The zero-order chi connectivity index (χ0) is 21.7. The van der Waals surface area contributed by atoms with E-state index in [1.807, 2.05) is 6.07 Å². The fraction of sp³-hybridized carbons (Fsp3) is 0.286. The van der Waals surface area contributed by atoms with Crippen molar-refractivity contribution >= 4 is 21.4 Å². The van der Waals surface area contributed by atoms with E-state index < -0.39 is 26.7 Å². The molecule has 0 saturated heterocycles. The van der Waals surface area contributed by atoms with Crippen molar-refractivity contribution in [3.8, 4) is 17.1 Å². The Hall–Kier alpha value is -3.20. The Kier molecular flexibility index (Phi) is 6.51. The molecule has 1 atom stereocenters. The van der Waals surface area contributed by atoms with Crippen LogP contribution < -0.4 is 9.64 Å². The first-order valence-electron chi connectivity index (χ1n) is 9.41. The van der Waals surface area contributed by atoms with Crippen molar-refractivity contribution in [1.82, 2.24) is 10.1 Å². The van der Waals surface area contributed by atoms with Crippen LogP contribution in [0, 0.1) is 0 Å². The van der Waals surface area contributed by atoms with Crippen molar-refractivity contribution in [1.29, 1.82) is 0 Å². The second kappa shape index (κ2) is 9.08. The average Bonchev–Trinajstić information content (AvgIpc) is 3.21. The molecule has 9 heteroatoms. The molecule has 0 spiro atoms. The summed E-state index contributed by atoms with van der Waals surface area (Å²) < 4.78 is 36.1. The molecule has 0 bridgehead atoms. The maximum atomic E-state index is 12.9. The summed E-state index contributed by atoms with van der Waals surface area (Å²) in [6.07, 6.45) is 0. The Morgan fingerprint density at radius 1 is 1.13 bits per heavy atom. The smallest absolute Gasteiger partial charge is 0.245 e. The van der Waals surface area contributed by atoms with Gasteiger partial charge in [0.25, 0.3) is 0 Å². The number of hydrogen-bond acceptors (Lipinski definition) is 7. The fourth-order valence-corrected chi connectivity index (χ4v) is 4.14. The van der Waals surface area contributed by atoms with Crippen LogP contribution >= 0.6 is 0 Å². The zero-order valence-corrected chi connectivity index (χ0v) is 17.8. The number of anilines is 1. The first-order chi connectivity index (χ1) is 14.4. The van der Waals surface area contributed by atoms with Crippen molar-refractivity contribution in [2.45, 2.75) is 24.9 Å². The van der Waals surface area contributed by atoms with Crippen LogP contribution in [-0.2, 0) is 20.4 Å². The number of methoxy groups -OCH3 is 1. The summed E-state index contributed by atoms with van der Waals surface area (Å²) in [4.78, 5) is 18.5. The molecule has 0 saturated carbocycles. The molecule has 0 aliphatic carbocycles. The molecule has 0 radical (unpaired) electrons. The van der Waals surface area contributed by atoms with Crippen LogP contribution in [-0.4, -0.2) is 43.4 Å². The van der Waals surface area contributed by atoms with Crippen LogP contribution in [0.5, 0.6) is 5.75 Å². The van der Waals surface area contributed by atoms with E-state index in [2.05, 4.69) is 10.1 Å². The molecule has 0 N–H and O–H groups in total. The molecule has 2 aromatic carbocycles. The van der Waals surface area contributed by atoms with Gasteiger partial charge in [-0.1, -0.05) is 35.5 Å². The summed E-state index contributed by atoms with van der Waals surface area (Å²) in [6.45, 7) is 3.52. The number of sulfone groups is 1. The van der Waals surface area contributed by atoms with Gasteiger partial charge in [-0.05, 0) is 38.1 Å². The second-order valence-corrected chi connectivity index (χ2v) is 8.90. The number of carbonyl (C=O) groups excluding carboxylic acids is 1. The van der Waals surface area contributed by atoms with Gasteiger partial charge < -0.3 is 14.2 Å². The summed E-state index contributed by atoms with van der Waals surface area (Å²) >= 11 is 0. The molecule has 0 aliphatic rings. The van der Waals surface area contributed by atoms with E-state index in [0.29, 0.717) is 23.5 Å². The summed E-state index contributed by atoms with van der Waals surface area (Å²) in [5.41, 5.74) is 1.22. The minimum atomic E-state index is -3.88. The highest BCUT2D eigenvalue weighted by molar-refractivity contribution is 7.92. The maximum Gasteiger partial charge on any atom is 0.245 e. The number of amides is 1. The van der Waals surface area contributed by atoms with Crippen LogP contribution in [0.25, 0.3) is 11.4 Å². The number of benzene rings is 2. The monoisotopic (exact) mass is 429 g/mol. The van der Waals surface area contributed by atoms with Crippen LogP contribution in [0.3, 0.4) is 0 Å². The first kappa shape index (κ1) is 21.5. The molecule has 3 aromatic rings. The lowest BCUT2D eigenvalue weighted by Crippen LogP contribution is -2.42. The summed E-state index contributed by atoms with van der Waals surface area (Å²) in [5.74, 6) is -0.366. The Morgan fingerprint density at radius 2 is 1.80 bits per heavy atom. The van der Waals surface area contributed by atoms with Crippen molar-refractivity contribution in [3.63, 3.8) is 0 Å². The third-order valence-corrected chi connectivity index (χ3v) is 6.61. The van der Waals surface area contributed by atoms with E-state index in [-0.39, 0.29) is 11.7 Å². The van der Waals surface area contributed by atoms with Crippen molar-refractivity contribution < 1.29 is 22.5 Å². The lowest BCUT2D eigenvalue weighted by Gasteiger charge is -2.24. The molecule has 158 valence electrons. The van der Waals surface area contributed by atoms with E-state index >= 15 is 0 Å². The van der Waals surface area contributed by atoms with Crippen molar-refractivity contribution in [3.05, 3.63) is 60.5 Å². The minimum absolute atomic E-state index is 0.0849. The van der Waals surface area contributed by atoms with Gasteiger partial charge in [0.1, 0.15) is 16.8 Å². The van der Waals surface area contributed by atoms with Gasteiger partial charge in [-0.25, -0.2) is 8.42 Å². The second-order valence-electron chi connectivity index (χ2n) is 6.58. The Labute approximate surface area is 175 Å². The molecule has 8 nitrogen and oxygen atoms in total. The summed E-state index contributed by atoms with van der Waals surface area (Å²) in [7, 11) is -2.36. The van der Waals surface area contributed by atoms with E-state index in [4.69, 9.17) is 9.26 Å². The van der Waals surface area contributed by atoms with Gasteiger partial charge in [-0.15, -0.1) is 0 Å². The molecular weight excluding hydrogens is 406 g/mol. The van der Waals surface area contributed by atoms with Crippen LogP contribution in [0.1, 0.15) is 19.7 Å². The Balaban J connectivity index is 1.79. The molecule has 0 aliphatic heterocycles. The van der Waals surface area contributed by atoms with E-state index in [1.54, 1.807) is 55.5 Å². The number of para-hydroxylation sites is 2. The summed E-state index contributed by atoms with van der Waals surface area (Å²) in [6, 6.07) is 16.0. The number of ether oxygens (including phenoxy) is 1. The first-order valence-corrected chi connectivity index (χ1v) is 11.1. The number of rotatable bonds is 8. The highest BCUT2D eigenvalue weighted by Gasteiger charge is 2.33. The normalized spacial score (nSPS) is 12.4. The van der Waals surface area contributed by atoms with Gasteiger partial charge in [0, 0.05) is 12.2 Å². The number of carbonyl (C=O) groups is 1. The maximum absolute atomic E-state index is 12.9. The van der Waals surface area contributed by atoms with Gasteiger partial charge in [0.05, 0.1) is 12.7 Å². The van der Waals surface area contributed by atoms with Crippen molar-refractivity contribution in [2.24, 2.45) is 0 Å². The molecule has 1 amide bonds. The molecule has 1 unspecified atom stereocenters. The van der Waals surface area contributed by atoms with E-state index in [0.717, 1.165) is 0 Å². The highest BCUT2D eigenvalue weighted by Crippen LogP contribution is 2.27. The van der Waals surface area contributed by atoms with Crippen molar-refractivity contribution in [2.75, 3.05) is 18.6 Å². The molecule has 30 heavy (non-hydrogen) atoms. The van der Waals surface area contributed by atoms with Gasteiger partial charge in [-0.3, -0.25) is 4.79 Å². The fourth-order valence-electron chi connectivity index (χ4n) is 3.00. The van der Waals surface area contributed by atoms with Gasteiger partial charge in [0.15, 0.2) is 9.84 Å². The van der Waals surface area contributed by atoms with Crippen LogP contribution in [0.15, 0.2) is 59.1 Å². The molecule has 0 fully saturated rings. The zero-order valence-electron chi connectivity index (χ0n) is 17.0. The third kappa shape index (κ3) is 4.51. The number of hydrogen-bond donors (Lipinski definition) is 0. The quantitative estimate of drug-likeness (QED) is 0.542. The Morgan fingerprint density at radius 3 is 2.47 bits per heavy atom. The predicted molar refractivity (Wildman–Crippen MR) is 113 cm³/mol. The third-order valence-electron chi connectivity index (χ3n) is 4.68. The minimum Gasteiger partial charge on any atom is -0.496 e. The number of nitrogens with zero attached hydrogens (tertiary/aromatic N) is 3. The summed E-state index contributed by atoms with van der Waals surface area (Å²) in [5, 5.41) is 2.59. The van der Waals surface area contributed by atoms with E-state index in [9.17, 15) is 13.2 Å². The lowest BCUT2D eigenvalue weighted by atomic mass is 10.2. The average molecular weight is 429 g/mol. The topological polar surface area (TPSA) is 103 Å². The van der Waals surface area contributed by atoms with Crippen LogP contribution in [0.2, 0.25) is 0 Å². The van der Waals surface area contributed by atoms with Gasteiger partial charge in [0.2, 0.25) is 17.6 Å². The van der Waals surface area contributed by atoms with Gasteiger partial charge >= 0.3 is 0 Å². The van der Waals surface area contributed by atoms with Crippen LogP contribution in [0.4, 0.5) is 5.69 Å². The molecule has 1 aromatic heterocycles. The predicted octanol–water partition coefficient (Wildman–Crippen LogP) is 3.10. The molecule has 1 heterocycles. The molecule has 3 rings (SSSR count). The Bertz CT molecular complexity index is 1110. The largest absolute Gasteiger partial charge is 0.496 e. The van der Waals surface area contributed by atoms with E-state index in [1.165, 1.54) is 18.9 Å². The number of aromatic nitrogens is 2. The lowest BCUT2D eigenvalue weighted by molar-refractivity contribution is -0.117.